The highest BCUT2D eigenvalue weighted by atomic mass is 19.1. The van der Waals surface area contributed by atoms with Crippen LogP contribution in [0.25, 0.3) is 0 Å². The molecule has 0 saturated heterocycles. The molecule has 1 aromatic carbocycles. The Morgan fingerprint density at radius 3 is 2.40 bits per heavy atom. The molecule has 0 aliphatic heterocycles. The van der Waals surface area contributed by atoms with Crippen LogP contribution in [0, 0.1) is 12.7 Å². The zero-order chi connectivity index (χ0) is 18.8. The maximum atomic E-state index is 13.5. The second-order valence-electron chi connectivity index (χ2n) is 6.25. The zero-order valence-corrected chi connectivity index (χ0v) is 15.2. The number of hydrogen-bond acceptors (Lipinski definition) is 2. The van der Waals surface area contributed by atoms with E-state index >= 15 is 0 Å². The van der Waals surface area contributed by atoms with Crippen LogP contribution in [0.4, 0.5) is 4.39 Å². The standard InChI is InChI=1S/C22H27FO2/c1-16(2)22(24)25-14-6-7-17(3)8-9-18(4)10-12-20-13-11-19(5)21(23)15-20/h8-9,11,13,15H,1,3-4,6-7,10,12,14H2,2,5H3/b9-8-. The van der Waals surface area contributed by atoms with Crippen molar-refractivity contribution in [1.82, 2.24) is 0 Å². The molecule has 134 valence electrons. The molecule has 0 fully saturated rings. The van der Waals surface area contributed by atoms with Gasteiger partial charge in [-0.3, -0.25) is 0 Å². The van der Waals surface area contributed by atoms with Crippen LogP contribution < -0.4 is 0 Å². The van der Waals surface area contributed by atoms with E-state index in [1.54, 1.807) is 26.0 Å². The molecule has 3 heteroatoms. The molecular weight excluding hydrogens is 315 g/mol. The number of benzene rings is 1. The largest absolute Gasteiger partial charge is 0.462 e. The first-order valence-electron chi connectivity index (χ1n) is 8.41. The van der Waals surface area contributed by atoms with Crippen LogP contribution in [0.1, 0.15) is 37.3 Å². The molecule has 0 radical (unpaired) electrons. The molecule has 0 aliphatic carbocycles. The van der Waals surface area contributed by atoms with Gasteiger partial charge >= 0.3 is 5.97 Å². The van der Waals surface area contributed by atoms with Crippen molar-refractivity contribution in [3.05, 3.63) is 83.8 Å². The first-order chi connectivity index (χ1) is 11.8. The summed E-state index contributed by atoms with van der Waals surface area (Å²) in [6.07, 6.45) is 6.85. The van der Waals surface area contributed by atoms with E-state index in [1.807, 2.05) is 18.2 Å². The molecule has 0 heterocycles. The number of carbonyl (C=O) groups excluding carboxylic acids is 1. The SMILES string of the molecule is C=C(/C=C\C(=C)CCc1ccc(C)c(F)c1)CCCOC(=O)C(=C)C. The molecule has 0 bridgehead atoms. The highest BCUT2D eigenvalue weighted by molar-refractivity contribution is 5.86. The quantitative estimate of drug-likeness (QED) is 0.238. The van der Waals surface area contributed by atoms with Gasteiger partial charge in [0.05, 0.1) is 6.61 Å². The van der Waals surface area contributed by atoms with Crippen LogP contribution in [-0.2, 0) is 16.0 Å². The fraction of sp³-hybridized carbons (Fsp3) is 0.318. The Balaban J connectivity index is 2.28. The monoisotopic (exact) mass is 342 g/mol. The topological polar surface area (TPSA) is 26.3 Å². The Labute approximate surface area is 150 Å². The molecule has 1 rings (SSSR count). The first kappa shape index (κ1) is 20.6. The average molecular weight is 342 g/mol. The fourth-order valence-corrected chi connectivity index (χ4v) is 2.09. The maximum Gasteiger partial charge on any atom is 0.333 e. The van der Waals surface area contributed by atoms with Crippen LogP contribution >= 0.6 is 0 Å². The van der Waals surface area contributed by atoms with Crippen molar-refractivity contribution in [2.45, 2.75) is 39.5 Å². The van der Waals surface area contributed by atoms with Gasteiger partial charge in [0.15, 0.2) is 0 Å². The maximum absolute atomic E-state index is 13.5. The summed E-state index contributed by atoms with van der Waals surface area (Å²) in [7, 11) is 0. The Bertz CT molecular complexity index is 683. The summed E-state index contributed by atoms with van der Waals surface area (Å²) in [5.41, 5.74) is 3.96. The van der Waals surface area contributed by atoms with Gasteiger partial charge in [0.1, 0.15) is 5.82 Å². The summed E-state index contributed by atoms with van der Waals surface area (Å²) >= 11 is 0. The third kappa shape index (κ3) is 8.30. The lowest BCUT2D eigenvalue weighted by Gasteiger charge is -2.05. The van der Waals surface area contributed by atoms with Crippen LogP contribution in [0.15, 0.2) is 66.8 Å². The number of rotatable bonds is 10. The van der Waals surface area contributed by atoms with Crippen molar-refractivity contribution < 1.29 is 13.9 Å². The van der Waals surface area contributed by atoms with Crippen LogP contribution in [0.5, 0.6) is 0 Å². The highest BCUT2D eigenvalue weighted by Crippen LogP contribution is 2.14. The molecule has 0 N–H and O–H groups in total. The van der Waals surface area contributed by atoms with E-state index < -0.39 is 0 Å². The first-order valence-corrected chi connectivity index (χ1v) is 8.41. The lowest BCUT2D eigenvalue weighted by Crippen LogP contribution is -2.06. The van der Waals surface area contributed by atoms with Gasteiger partial charge in [-0.1, -0.05) is 55.2 Å². The zero-order valence-electron chi connectivity index (χ0n) is 15.2. The predicted octanol–water partition coefficient (Wildman–Crippen LogP) is 5.63. The van der Waals surface area contributed by atoms with E-state index in [9.17, 15) is 9.18 Å². The Hall–Kier alpha value is -2.42. The molecule has 0 saturated carbocycles. The number of allylic oxidation sites excluding steroid dienone is 4. The second kappa shape index (κ2) is 10.4. The van der Waals surface area contributed by atoms with Crippen LogP contribution in [-0.4, -0.2) is 12.6 Å². The van der Waals surface area contributed by atoms with E-state index in [0.717, 1.165) is 42.4 Å². The molecule has 0 aliphatic rings. The Morgan fingerprint density at radius 1 is 1.16 bits per heavy atom. The number of esters is 1. The lowest BCUT2D eigenvalue weighted by atomic mass is 10.0. The predicted molar refractivity (Wildman–Crippen MR) is 102 cm³/mol. The average Bonchev–Trinajstić information content (AvgIpc) is 2.57. The van der Waals surface area contributed by atoms with E-state index in [1.165, 1.54) is 0 Å². The molecule has 0 atom stereocenters. The number of carbonyl (C=O) groups is 1. The number of hydrogen-bond donors (Lipinski definition) is 0. The van der Waals surface area contributed by atoms with Crippen molar-refractivity contribution in [2.24, 2.45) is 0 Å². The summed E-state index contributed by atoms with van der Waals surface area (Å²) in [5.74, 6) is -0.526. The minimum atomic E-state index is -0.359. The van der Waals surface area contributed by atoms with E-state index in [0.29, 0.717) is 17.7 Å². The third-order valence-corrected chi connectivity index (χ3v) is 3.75. The lowest BCUT2D eigenvalue weighted by molar-refractivity contribution is -0.139. The minimum Gasteiger partial charge on any atom is -0.462 e. The van der Waals surface area contributed by atoms with Crippen molar-refractivity contribution in [2.75, 3.05) is 6.61 Å². The molecule has 2 nitrogen and oxygen atoms in total. The highest BCUT2D eigenvalue weighted by Gasteiger charge is 2.02. The number of halogens is 1. The Kier molecular flexibility index (Phi) is 8.62. The fourth-order valence-electron chi connectivity index (χ4n) is 2.09. The normalized spacial score (nSPS) is 10.7. The smallest absolute Gasteiger partial charge is 0.333 e. The molecule has 1 aromatic rings. The van der Waals surface area contributed by atoms with Gasteiger partial charge in [-0.25, -0.2) is 9.18 Å². The summed E-state index contributed by atoms with van der Waals surface area (Å²) in [6, 6.07) is 5.32. The van der Waals surface area contributed by atoms with Gasteiger partial charge in [-0.2, -0.15) is 0 Å². The molecule has 0 unspecified atom stereocenters. The van der Waals surface area contributed by atoms with E-state index in [-0.39, 0.29) is 11.8 Å². The molecule has 0 amide bonds. The van der Waals surface area contributed by atoms with Crippen molar-refractivity contribution in [3.63, 3.8) is 0 Å². The summed E-state index contributed by atoms with van der Waals surface area (Å²) < 4.78 is 18.5. The molecule has 0 aromatic heterocycles. The second-order valence-corrected chi connectivity index (χ2v) is 6.25. The molecular formula is C22H27FO2. The number of aryl methyl sites for hydroxylation is 2. The number of ether oxygens (including phenoxy) is 1. The van der Waals surface area contributed by atoms with Crippen molar-refractivity contribution in [1.29, 1.82) is 0 Å². The summed E-state index contributed by atoms with van der Waals surface area (Å²) in [6.45, 7) is 15.3. The van der Waals surface area contributed by atoms with Crippen molar-refractivity contribution >= 4 is 5.97 Å². The van der Waals surface area contributed by atoms with Gasteiger partial charge < -0.3 is 4.74 Å². The van der Waals surface area contributed by atoms with Gasteiger partial charge in [-0.05, 0) is 56.7 Å². The Morgan fingerprint density at radius 2 is 1.80 bits per heavy atom. The van der Waals surface area contributed by atoms with E-state index in [4.69, 9.17) is 4.74 Å². The molecule has 25 heavy (non-hydrogen) atoms. The van der Waals surface area contributed by atoms with Crippen LogP contribution in [0.3, 0.4) is 0 Å². The summed E-state index contributed by atoms with van der Waals surface area (Å²) in [5, 5.41) is 0. The van der Waals surface area contributed by atoms with Gasteiger partial charge in [0.25, 0.3) is 0 Å². The summed E-state index contributed by atoms with van der Waals surface area (Å²) in [4.78, 5) is 11.2. The van der Waals surface area contributed by atoms with Crippen molar-refractivity contribution in [3.8, 4) is 0 Å². The molecule has 0 spiro atoms. The third-order valence-electron chi connectivity index (χ3n) is 3.75. The van der Waals surface area contributed by atoms with E-state index in [2.05, 4.69) is 19.7 Å². The van der Waals surface area contributed by atoms with Gasteiger partial charge in [0, 0.05) is 5.57 Å². The minimum absolute atomic E-state index is 0.167. The van der Waals surface area contributed by atoms with Gasteiger partial charge in [-0.15, -0.1) is 0 Å². The van der Waals surface area contributed by atoms with Crippen LogP contribution in [0.2, 0.25) is 0 Å². The van der Waals surface area contributed by atoms with Gasteiger partial charge in [0.2, 0.25) is 0 Å².